The zero-order valence-electron chi connectivity index (χ0n) is 10.4. The van der Waals surface area contributed by atoms with E-state index >= 15 is 0 Å². The van der Waals surface area contributed by atoms with Crippen LogP contribution in [0.15, 0.2) is 27.6 Å². The summed E-state index contributed by atoms with van der Waals surface area (Å²) in [5.41, 5.74) is 6.11. The zero-order valence-corrected chi connectivity index (χ0v) is 12.8. The molecule has 0 amide bonds. The van der Waals surface area contributed by atoms with Crippen LogP contribution < -0.4 is 5.73 Å². The van der Waals surface area contributed by atoms with Gasteiger partial charge in [-0.05, 0) is 34.1 Å². The average Bonchev–Trinajstić information content (AvgIpc) is 2.33. The lowest BCUT2D eigenvalue weighted by Gasteiger charge is -2.20. The summed E-state index contributed by atoms with van der Waals surface area (Å²) in [6.45, 7) is 2.86. The average molecular weight is 337 g/mol. The standard InChI is InChI=1S/C11H17BrN2O3S/c1-3-14(6-7-17-2)18(15,16)9-4-5-10(12)11(13)8-9/h4-5,8H,3,6-7,13H2,1-2H3. The van der Waals surface area contributed by atoms with Crippen molar-refractivity contribution < 1.29 is 13.2 Å². The molecule has 0 aliphatic carbocycles. The molecule has 0 bridgehead atoms. The molecular formula is C11H17BrN2O3S. The Hall–Kier alpha value is -0.630. The van der Waals surface area contributed by atoms with E-state index in [1.165, 1.54) is 23.5 Å². The minimum Gasteiger partial charge on any atom is -0.398 e. The van der Waals surface area contributed by atoms with E-state index in [0.717, 1.165) is 0 Å². The maximum Gasteiger partial charge on any atom is 0.243 e. The van der Waals surface area contributed by atoms with Crippen molar-refractivity contribution >= 4 is 31.6 Å². The van der Waals surface area contributed by atoms with Gasteiger partial charge in [0.2, 0.25) is 10.0 Å². The fourth-order valence-electron chi connectivity index (χ4n) is 1.47. The van der Waals surface area contributed by atoms with E-state index in [1.807, 2.05) is 0 Å². The van der Waals surface area contributed by atoms with Gasteiger partial charge < -0.3 is 10.5 Å². The van der Waals surface area contributed by atoms with E-state index < -0.39 is 10.0 Å². The van der Waals surface area contributed by atoms with Crippen molar-refractivity contribution in [1.29, 1.82) is 0 Å². The van der Waals surface area contributed by atoms with Gasteiger partial charge in [-0.15, -0.1) is 0 Å². The van der Waals surface area contributed by atoms with Gasteiger partial charge in [0.15, 0.2) is 0 Å². The number of sulfonamides is 1. The van der Waals surface area contributed by atoms with Crippen LogP contribution in [0, 0.1) is 0 Å². The van der Waals surface area contributed by atoms with Gasteiger partial charge >= 0.3 is 0 Å². The molecule has 18 heavy (non-hydrogen) atoms. The summed E-state index contributed by atoms with van der Waals surface area (Å²) in [5.74, 6) is 0. The molecule has 0 aromatic heterocycles. The molecular weight excluding hydrogens is 320 g/mol. The van der Waals surface area contributed by atoms with Crippen molar-refractivity contribution in [3.63, 3.8) is 0 Å². The van der Waals surface area contributed by atoms with E-state index in [9.17, 15) is 8.42 Å². The molecule has 0 radical (unpaired) electrons. The first-order valence-electron chi connectivity index (χ1n) is 5.47. The molecule has 0 aliphatic rings. The van der Waals surface area contributed by atoms with Gasteiger partial charge in [0, 0.05) is 30.4 Å². The molecule has 0 atom stereocenters. The highest BCUT2D eigenvalue weighted by molar-refractivity contribution is 9.10. The quantitative estimate of drug-likeness (QED) is 0.802. The normalized spacial score (nSPS) is 12.0. The minimum absolute atomic E-state index is 0.196. The predicted molar refractivity (Wildman–Crippen MR) is 74.9 cm³/mol. The van der Waals surface area contributed by atoms with Crippen molar-refractivity contribution in [1.82, 2.24) is 4.31 Å². The SMILES string of the molecule is CCN(CCOC)S(=O)(=O)c1ccc(Br)c(N)c1. The molecule has 0 saturated heterocycles. The Morgan fingerprint density at radius 3 is 2.61 bits per heavy atom. The van der Waals surface area contributed by atoms with Crippen LogP contribution in [0.2, 0.25) is 0 Å². The number of hydrogen-bond acceptors (Lipinski definition) is 4. The van der Waals surface area contributed by atoms with Gasteiger partial charge in [-0.2, -0.15) is 4.31 Å². The first-order valence-corrected chi connectivity index (χ1v) is 7.71. The second-order valence-corrected chi connectivity index (χ2v) is 6.47. The summed E-state index contributed by atoms with van der Waals surface area (Å²) >= 11 is 3.24. The Kier molecular flexibility index (Phi) is 5.58. The van der Waals surface area contributed by atoms with Crippen LogP contribution in [-0.2, 0) is 14.8 Å². The van der Waals surface area contributed by atoms with Gasteiger partial charge in [0.05, 0.1) is 11.5 Å². The van der Waals surface area contributed by atoms with Crippen LogP contribution in [0.3, 0.4) is 0 Å². The van der Waals surface area contributed by atoms with Crippen molar-refractivity contribution in [2.75, 3.05) is 32.5 Å². The van der Waals surface area contributed by atoms with Gasteiger partial charge in [-0.25, -0.2) is 8.42 Å². The number of benzene rings is 1. The minimum atomic E-state index is -3.51. The Morgan fingerprint density at radius 2 is 2.11 bits per heavy atom. The van der Waals surface area contributed by atoms with Crippen LogP contribution in [0.4, 0.5) is 5.69 Å². The van der Waals surface area contributed by atoms with Crippen LogP contribution in [0.1, 0.15) is 6.92 Å². The number of nitrogens with two attached hydrogens (primary N) is 1. The molecule has 0 saturated carbocycles. The van der Waals surface area contributed by atoms with E-state index in [2.05, 4.69) is 15.9 Å². The van der Waals surface area contributed by atoms with Gasteiger partial charge in [-0.1, -0.05) is 6.92 Å². The largest absolute Gasteiger partial charge is 0.398 e. The molecule has 1 aromatic rings. The molecule has 0 aliphatic heterocycles. The fourth-order valence-corrected chi connectivity index (χ4v) is 3.19. The molecule has 0 unspecified atom stereocenters. The summed E-state index contributed by atoms with van der Waals surface area (Å²) in [7, 11) is -1.97. The molecule has 1 aromatic carbocycles. The van der Waals surface area contributed by atoms with Crippen molar-refractivity contribution in [2.45, 2.75) is 11.8 Å². The summed E-state index contributed by atoms with van der Waals surface area (Å²) in [5, 5.41) is 0. The Morgan fingerprint density at radius 1 is 1.44 bits per heavy atom. The number of ether oxygens (including phenoxy) is 1. The number of anilines is 1. The third-order valence-corrected chi connectivity index (χ3v) is 5.20. The van der Waals surface area contributed by atoms with Crippen molar-refractivity contribution in [3.05, 3.63) is 22.7 Å². The van der Waals surface area contributed by atoms with E-state index in [-0.39, 0.29) is 4.90 Å². The third kappa shape index (κ3) is 3.44. The number of halogens is 1. The zero-order chi connectivity index (χ0) is 13.8. The lowest BCUT2D eigenvalue weighted by molar-refractivity contribution is 0.180. The fraction of sp³-hybridized carbons (Fsp3) is 0.455. The second-order valence-electron chi connectivity index (χ2n) is 3.67. The number of hydrogen-bond donors (Lipinski definition) is 1. The summed E-state index contributed by atoms with van der Waals surface area (Å²) in [6, 6.07) is 4.62. The highest BCUT2D eigenvalue weighted by Crippen LogP contribution is 2.24. The van der Waals surface area contributed by atoms with Crippen LogP contribution in [0.5, 0.6) is 0 Å². The maximum atomic E-state index is 12.3. The Bertz CT molecular complexity index is 505. The number of rotatable bonds is 6. The van der Waals surface area contributed by atoms with Crippen molar-refractivity contribution in [2.24, 2.45) is 0 Å². The second kappa shape index (κ2) is 6.51. The molecule has 0 fully saturated rings. The number of nitrogens with zero attached hydrogens (tertiary/aromatic N) is 1. The third-order valence-electron chi connectivity index (χ3n) is 2.50. The smallest absolute Gasteiger partial charge is 0.243 e. The molecule has 7 heteroatoms. The molecule has 0 heterocycles. The summed E-state index contributed by atoms with van der Waals surface area (Å²) in [4.78, 5) is 0.196. The lowest BCUT2D eigenvalue weighted by atomic mass is 10.3. The highest BCUT2D eigenvalue weighted by Gasteiger charge is 2.23. The van der Waals surface area contributed by atoms with Gasteiger partial charge in [0.1, 0.15) is 0 Å². The first kappa shape index (κ1) is 15.4. The number of likely N-dealkylation sites (N-methyl/N-ethyl adjacent to an activating group) is 1. The molecule has 102 valence electrons. The van der Waals surface area contributed by atoms with Gasteiger partial charge in [0.25, 0.3) is 0 Å². The summed E-state index contributed by atoms with van der Waals surface area (Å²) < 4.78 is 31.6. The number of methoxy groups -OCH3 is 1. The number of nitrogen functional groups attached to an aromatic ring is 1. The topological polar surface area (TPSA) is 72.6 Å². The van der Waals surface area contributed by atoms with E-state index in [4.69, 9.17) is 10.5 Å². The van der Waals surface area contributed by atoms with Crippen LogP contribution >= 0.6 is 15.9 Å². The van der Waals surface area contributed by atoms with Crippen LogP contribution in [-0.4, -0.2) is 39.5 Å². The highest BCUT2D eigenvalue weighted by atomic mass is 79.9. The molecule has 5 nitrogen and oxygen atoms in total. The molecule has 2 N–H and O–H groups in total. The van der Waals surface area contributed by atoms with Crippen LogP contribution in [0.25, 0.3) is 0 Å². The van der Waals surface area contributed by atoms with E-state index in [1.54, 1.807) is 13.0 Å². The monoisotopic (exact) mass is 336 g/mol. The van der Waals surface area contributed by atoms with Crippen molar-refractivity contribution in [3.8, 4) is 0 Å². The summed E-state index contributed by atoms with van der Waals surface area (Å²) in [6.07, 6.45) is 0. The molecule has 1 rings (SSSR count). The van der Waals surface area contributed by atoms with E-state index in [0.29, 0.717) is 29.9 Å². The molecule has 0 spiro atoms. The predicted octanol–water partition coefficient (Wildman–Crippen LogP) is 1.69. The maximum absolute atomic E-state index is 12.3. The van der Waals surface area contributed by atoms with Gasteiger partial charge in [-0.3, -0.25) is 0 Å². The lowest BCUT2D eigenvalue weighted by Crippen LogP contribution is -2.33. The first-order chi connectivity index (χ1) is 8.43. The Balaban J connectivity index is 3.06. The Labute approximate surface area is 116 Å².